The molecule has 1 aliphatic rings. The summed E-state index contributed by atoms with van der Waals surface area (Å²) >= 11 is 0. The van der Waals surface area contributed by atoms with E-state index in [2.05, 4.69) is 17.1 Å². The van der Waals surface area contributed by atoms with Gasteiger partial charge in [-0.15, -0.1) is 0 Å². The van der Waals surface area contributed by atoms with E-state index in [4.69, 9.17) is 4.52 Å². The third-order valence-electron chi connectivity index (χ3n) is 2.31. The zero-order valence-electron chi connectivity index (χ0n) is 8.24. The first-order chi connectivity index (χ1) is 6.16. The summed E-state index contributed by atoms with van der Waals surface area (Å²) in [6.45, 7) is 6.24. The third kappa shape index (κ3) is 1.79. The van der Waals surface area contributed by atoms with Crippen molar-refractivity contribution in [3.63, 3.8) is 0 Å². The number of hydrogen-bond acceptors (Lipinski definition) is 3. The molecule has 0 aliphatic heterocycles. The summed E-state index contributed by atoms with van der Waals surface area (Å²) in [6, 6.07) is 0. The number of hydrogen-bond donors (Lipinski definition) is 0. The molecule has 3 heteroatoms. The molecule has 0 aromatic carbocycles. The largest absolute Gasteiger partial charge is 0.335 e. The number of aromatic nitrogens is 2. The van der Waals surface area contributed by atoms with Gasteiger partial charge in [0.25, 0.3) is 5.89 Å². The van der Waals surface area contributed by atoms with Gasteiger partial charge in [-0.1, -0.05) is 17.7 Å². The Morgan fingerprint density at radius 3 is 2.77 bits per heavy atom. The second kappa shape index (κ2) is 2.98. The highest BCUT2D eigenvalue weighted by atomic mass is 16.5. The van der Waals surface area contributed by atoms with E-state index in [1.54, 1.807) is 0 Å². The van der Waals surface area contributed by atoms with Gasteiger partial charge in [0.15, 0.2) is 5.82 Å². The number of nitrogens with zero attached hydrogens (tertiary/aromatic N) is 2. The van der Waals surface area contributed by atoms with Crippen LogP contribution in [0.15, 0.2) is 10.1 Å². The van der Waals surface area contributed by atoms with Crippen molar-refractivity contribution in [1.82, 2.24) is 10.1 Å². The fraction of sp³-hybridized carbons (Fsp3) is 0.600. The fourth-order valence-corrected chi connectivity index (χ4v) is 1.39. The average molecular weight is 178 g/mol. The molecule has 70 valence electrons. The van der Waals surface area contributed by atoms with Crippen molar-refractivity contribution >= 4 is 6.08 Å². The first-order valence-corrected chi connectivity index (χ1v) is 4.65. The molecule has 0 amide bonds. The van der Waals surface area contributed by atoms with E-state index in [1.807, 2.05) is 19.9 Å². The molecule has 0 bridgehead atoms. The van der Waals surface area contributed by atoms with Crippen LogP contribution < -0.4 is 0 Å². The highest BCUT2D eigenvalue weighted by Gasteiger charge is 2.37. The molecule has 0 N–H and O–H groups in total. The Balaban J connectivity index is 2.14. The lowest BCUT2D eigenvalue weighted by atomic mass is 10.3. The molecule has 2 atom stereocenters. The van der Waals surface area contributed by atoms with E-state index in [1.165, 1.54) is 12.0 Å². The summed E-state index contributed by atoms with van der Waals surface area (Å²) in [5.41, 5.74) is 1.18. The van der Waals surface area contributed by atoms with E-state index >= 15 is 0 Å². The predicted molar refractivity (Wildman–Crippen MR) is 50.1 cm³/mol. The maximum atomic E-state index is 5.09. The molecular weight excluding hydrogens is 164 g/mol. The van der Waals surface area contributed by atoms with Crippen molar-refractivity contribution in [2.75, 3.05) is 0 Å². The van der Waals surface area contributed by atoms with E-state index in [0.29, 0.717) is 11.8 Å². The standard InChI is InChI=1S/C10H14N2O/c1-6(2)4-9-11-10(12-13-9)8-5-7(8)3/h4,7-8H,5H2,1-3H3. The van der Waals surface area contributed by atoms with E-state index < -0.39 is 0 Å². The van der Waals surface area contributed by atoms with Gasteiger partial charge in [-0.25, -0.2) is 0 Å². The van der Waals surface area contributed by atoms with E-state index in [-0.39, 0.29) is 0 Å². The molecule has 2 rings (SSSR count). The van der Waals surface area contributed by atoms with Crippen LogP contribution in [0.25, 0.3) is 6.08 Å². The first-order valence-electron chi connectivity index (χ1n) is 4.65. The highest BCUT2D eigenvalue weighted by Crippen LogP contribution is 2.45. The van der Waals surface area contributed by atoms with Gasteiger partial charge in [0.1, 0.15) is 0 Å². The zero-order chi connectivity index (χ0) is 9.42. The summed E-state index contributed by atoms with van der Waals surface area (Å²) in [6.07, 6.45) is 3.11. The first kappa shape index (κ1) is 8.48. The molecule has 1 aromatic rings. The molecule has 3 nitrogen and oxygen atoms in total. The van der Waals surface area contributed by atoms with Crippen molar-refractivity contribution in [1.29, 1.82) is 0 Å². The molecule has 1 aliphatic carbocycles. The molecule has 0 radical (unpaired) electrons. The highest BCUT2D eigenvalue weighted by molar-refractivity contribution is 5.41. The van der Waals surface area contributed by atoms with Crippen molar-refractivity contribution < 1.29 is 4.52 Å². The van der Waals surface area contributed by atoms with Gasteiger partial charge in [-0.2, -0.15) is 4.98 Å². The Morgan fingerprint density at radius 2 is 2.23 bits per heavy atom. The van der Waals surface area contributed by atoms with Crippen LogP contribution in [0.3, 0.4) is 0 Å². The van der Waals surface area contributed by atoms with Crippen molar-refractivity contribution in [2.24, 2.45) is 5.92 Å². The Labute approximate surface area is 77.8 Å². The van der Waals surface area contributed by atoms with Crippen LogP contribution in [0.1, 0.15) is 44.8 Å². The van der Waals surface area contributed by atoms with Crippen LogP contribution in [-0.2, 0) is 0 Å². The number of allylic oxidation sites excluding steroid dienone is 1. The van der Waals surface area contributed by atoms with Gasteiger partial charge in [0, 0.05) is 12.0 Å². The van der Waals surface area contributed by atoms with Gasteiger partial charge in [-0.05, 0) is 26.2 Å². The van der Waals surface area contributed by atoms with E-state index in [9.17, 15) is 0 Å². The van der Waals surface area contributed by atoms with Crippen LogP contribution in [-0.4, -0.2) is 10.1 Å². The van der Waals surface area contributed by atoms with E-state index in [0.717, 1.165) is 11.7 Å². The second-order valence-electron chi connectivity index (χ2n) is 4.03. The maximum Gasteiger partial charge on any atom is 0.250 e. The second-order valence-corrected chi connectivity index (χ2v) is 4.03. The van der Waals surface area contributed by atoms with Crippen molar-refractivity contribution in [3.05, 3.63) is 17.3 Å². The smallest absolute Gasteiger partial charge is 0.250 e. The number of rotatable bonds is 2. The van der Waals surface area contributed by atoms with Gasteiger partial charge >= 0.3 is 0 Å². The predicted octanol–water partition coefficient (Wildman–Crippen LogP) is 2.62. The minimum atomic E-state index is 0.545. The van der Waals surface area contributed by atoms with Gasteiger partial charge in [-0.3, -0.25) is 0 Å². The monoisotopic (exact) mass is 178 g/mol. The summed E-state index contributed by atoms with van der Waals surface area (Å²) in [5.74, 6) is 2.79. The Hall–Kier alpha value is -1.12. The minimum absolute atomic E-state index is 0.545. The van der Waals surface area contributed by atoms with Crippen molar-refractivity contribution in [3.8, 4) is 0 Å². The molecule has 1 fully saturated rings. The van der Waals surface area contributed by atoms with Gasteiger partial charge < -0.3 is 4.52 Å². The SMILES string of the molecule is CC(C)=Cc1nc(C2CC2C)no1. The van der Waals surface area contributed by atoms with Crippen LogP contribution in [0.2, 0.25) is 0 Å². The molecule has 0 saturated heterocycles. The van der Waals surface area contributed by atoms with Crippen LogP contribution in [0, 0.1) is 5.92 Å². The lowest BCUT2D eigenvalue weighted by Gasteiger charge is -1.83. The quantitative estimate of drug-likeness (QED) is 0.698. The topological polar surface area (TPSA) is 38.9 Å². The van der Waals surface area contributed by atoms with Crippen LogP contribution in [0.4, 0.5) is 0 Å². The lowest BCUT2D eigenvalue weighted by molar-refractivity contribution is 0.402. The Morgan fingerprint density at radius 1 is 1.54 bits per heavy atom. The van der Waals surface area contributed by atoms with Crippen LogP contribution in [0.5, 0.6) is 0 Å². The summed E-state index contributed by atoms with van der Waals surface area (Å²) < 4.78 is 5.09. The molecular formula is C10H14N2O. The minimum Gasteiger partial charge on any atom is -0.335 e. The lowest BCUT2D eigenvalue weighted by Crippen LogP contribution is -1.83. The summed E-state index contributed by atoms with van der Waals surface area (Å²) in [4.78, 5) is 4.31. The Bertz CT molecular complexity index is 336. The molecule has 13 heavy (non-hydrogen) atoms. The molecule has 1 aromatic heterocycles. The molecule has 0 spiro atoms. The summed E-state index contributed by atoms with van der Waals surface area (Å²) in [7, 11) is 0. The third-order valence-corrected chi connectivity index (χ3v) is 2.31. The molecule has 1 heterocycles. The average Bonchev–Trinajstić information content (AvgIpc) is 2.60. The zero-order valence-corrected chi connectivity index (χ0v) is 8.24. The fourth-order valence-electron chi connectivity index (χ4n) is 1.39. The summed E-state index contributed by atoms with van der Waals surface area (Å²) in [5, 5.41) is 3.95. The maximum absolute atomic E-state index is 5.09. The normalized spacial score (nSPS) is 25.8. The Kier molecular flexibility index (Phi) is 1.94. The molecule has 1 saturated carbocycles. The molecule has 2 unspecified atom stereocenters. The van der Waals surface area contributed by atoms with Crippen molar-refractivity contribution in [2.45, 2.75) is 33.1 Å². The van der Waals surface area contributed by atoms with Gasteiger partial charge in [0.2, 0.25) is 0 Å². The van der Waals surface area contributed by atoms with Gasteiger partial charge in [0.05, 0.1) is 0 Å². The van der Waals surface area contributed by atoms with Crippen LogP contribution >= 0.6 is 0 Å².